The summed E-state index contributed by atoms with van der Waals surface area (Å²) in [6.07, 6.45) is 1.97. The summed E-state index contributed by atoms with van der Waals surface area (Å²) in [5.74, 6) is 0. The van der Waals surface area contributed by atoms with Gasteiger partial charge in [-0.3, -0.25) is 0 Å². The van der Waals surface area contributed by atoms with Gasteiger partial charge in [-0.25, -0.2) is 0 Å². The van der Waals surface area contributed by atoms with Gasteiger partial charge in [0.05, 0.1) is 0 Å². The predicted octanol–water partition coefficient (Wildman–Crippen LogP) is 6.02. The van der Waals surface area contributed by atoms with E-state index in [2.05, 4.69) is 97.1 Å². The molecule has 4 aromatic rings. The summed E-state index contributed by atoms with van der Waals surface area (Å²) in [6, 6.07) is 34.8. The third-order valence-corrected chi connectivity index (χ3v) is 4.56. The summed E-state index contributed by atoms with van der Waals surface area (Å²) < 4.78 is 0. The molecule has 0 aromatic heterocycles. The van der Waals surface area contributed by atoms with Crippen LogP contribution < -0.4 is 0 Å². The fourth-order valence-corrected chi connectivity index (χ4v) is 3.29. The average molecular weight is 308 g/mol. The van der Waals surface area contributed by atoms with Crippen LogP contribution in [0, 0.1) is 0 Å². The van der Waals surface area contributed by atoms with Gasteiger partial charge in [0.15, 0.2) is 0 Å². The number of hydrogen-bond donors (Lipinski definition) is 0. The monoisotopic (exact) mass is 308 g/mol. The molecule has 0 amide bonds. The first-order chi connectivity index (χ1) is 11.9. The quantitative estimate of drug-likeness (QED) is 0.432. The van der Waals surface area contributed by atoms with Gasteiger partial charge in [0.1, 0.15) is 0 Å². The van der Waals surface area contributed by atoms with Crippen molar-refractivity contribution in [1.82, 2.24) is 0 Å². The van der Waals surface area contributed by atoms with E-state index in [-0.39, 0.29) is 0 Å². The van der Waals surface area contributed by atoms with Crippen molar-refractivity contribution in [3.05, 3.63) is 119 Å². The van der Waals surface area contributed by atoms with Gasteiger partial charge in [-0.1, -0.05) is 97.1 Å². The summed E-state index contributed by atoms with van der Waals surface area (Å²) in [4.78, 5) is 0. The van der Waals surface area contributed by atoms with Gasteiger partial charge in [0.2, 0.25) is 0 Å². The van der Waals surface area contributed by atoms with E-state index in [4.69, 9.17) is 0 Å². The minimum atomic E-state index is 0.980. The molecule has 0 fully saturated rings. The van der Waals surface area contributed by atoms with Crippen LogP contribution in [0.1, 0.15) is 22.3 Å². The van der Waals surface area contributed by atoms with Gasteiger partial charge >= 0.3 is 0 Å². The molecule has 4 aromatic carbocycles. The lowest BCUT2D eigenvalue weighted by molar-refractivity contribution is 1.09. The van der Waals surface area contributed by atoms with E-state index in [9.17, 15) is 0 Å². The smallest absolute Gasteiger partial charge is 0.00227 e. The topological polar surface area (TPSA) is 0 Å². The van der Waals surface area contributed by atoms with E-state index in [1.807, 2.05) is 0 Å². The first-order valence-electron chi connectivity index (χ1n) is 8.47. The Hall–Kier alpha value is -2.86. The zero-order valence-corrected chi connectivity index (χ0v) is 13.7. The van der Waals surface area contributed by atoms with Gasteiger partial charge in [0, 0.05) is 0 Å². The molecule has 0 aliphatic rings. The van der Waals surface area contributed by atoms with Gasteiger partial charge < -0.3 is 0 Å². The molecule has 0 heterocycles. The zero-order valence-electron chi connectivity index (χ0n) is 13.7. The Kier molecular flexibility index (Phi) is 4.12. The lowest BCUT2D eigenvalue weighted by atomic mass is 9.94. The summed E-state index contributed by atoms with van der Waals surface area (Å²) in [5.41, 5.74) is 5.56. The molecule has 0 spiro atoms. The van der Waals surface area contributed by atoms with Crippen LogP contribution in [-0.2, 0) is 12.8 Å². The van der Waals surface area contributed by atoms with E-state index in [1.165, 1.54) is 33.0 Å². The summed E-state index contributed by atoms with van der Waals surface area (Å²) in [6.45, 7) is 0. The van der Waals surface area contributed by atoms with Crippen LogP contribution in [0.3, 0.4) is 0 Å². The molecule has 0 saturated heterocycles. The molecule has 4 rings (SSSR count). The van der Waals surface area contributed by atoms with E-state index in [0.29, 0.717) is 0 Å². The second-order valence-electron chi connectivity index (χ2n) is 6.29. The van der Waals surface area contributed by atoms with Crippen molar-refractivity contribution < 1.29 is 0 Å². The van der Waals surface area contributed by atoms with E-state index >= 15 is 0 Å². The van der Waals surface area contributed by atoms with E-state index in [1.54, 1.807) is 0 Å². The van der Waals surface area contributed by atoms with Gasteiger partial charge in [0.25, 0.3) is 0 Å². The molecule has 0 heteroatoms. The molecule has 0 atom stereocenters. The normalized spacial score (nSPS) is 10.8. The van der Waals surface area contributed by atoms with Crippen molar-refractivity contribution in [1.29, 1.82) is 0 Å². The molecule has 0 unspecified atom stereocenters. The molecule has 0 bridgehead atoms. The highest BCUT2D eigenvalue weighted by Crippen LogP contribution is 2.21. The summed E-state index contributed by atoms with van der Waals surface area (Å²) in [7, 11) is 0. The number of rotatable bonds is 4. The fraction of sp³-hybridized carbons (Fsp3) is 0.0833. The van der Waals surface area contributed by atoms with Crippen molar-refractivity contribution in [2.24, 2.45) is 0 Å². The van der Waals surface area contributed by atoms with Crippen LogP contribution in [-0.4, -0.2) is 0 Å². The molecule has 116 valence electrons. The third kappa shape index (κ3) is 3.23. The average Bonchev–Trinajstić information content (AvgIpc) is 2.64. The minimum absolute atomic E-state index is 0.980. The summed E-state index contributed by atoms with van der Waals surface area (Å²) >= 11 is 0. The number of benzene rings is 4. The largest absolute Gasteiger partial charge is 0.0622 e. The van der Waals surface area contributed by atoms with Gasteiger partial charge in [-0.2, -0.15) is 0 Å². The van der Waals surface area contributed by atoms with Crippen LogP contribution in [0.15, 0.2) is 97.1 Å². The Morgan fingerprint density at radius 3 is 1.75 bits per heavy atom. The summed E-state index contributed by atoms with van der Waals surface area (Å²) in [5, 5.41) is 2.62. The molecule has 0 aliphatic carbocycles. The first kappa shape index (κ1) is 14.7. The molecule has 0 N–H and O–H groups in total. The minimum Gasteiger partial charge on any atom is -0.0622 e. The Bertz CT molecular complexity index is 951. The standard InChI is InChI=1S/C24H20/c1-2-8-19(9-3-1)16-23-12-6-7-13-24(23)18-20-14-15-21-10-4-5-11-22(21)17-20/h1-15,17H,16,18H2. The Balaban J connectivity index is 1.64. The lowest BCUT2D eigenvalue weighted by Crippen LogP contribution is -1.97. The van der Waals surface area contributed by atoms with Crippen molar-refractivity contribution in [2.75, 3.05) is 0 Å². The van der Waals surface area contributed by atoms with Crippen LogP contribution in [0.2, 0.25) is 0 Å². The van der Waals surface area contributed by atoms with E-state index < -0.39 is 0 Å². The molecule has 0 radical (unpaired) electrons. The molecule has 0 aliphatic heterocycles. The van der Waals surface area contributed by atoms with Crippen molar-refractivity contribution in [3.63, 3.8) is 0 Å². The maximum atomic E-state index is 2.31. The van der Waals surface area contributed by atoms with Crippen LogP contribution in [0.5, 0.6) is 0 Å². The second kappa shape index (κ2) is 6.72. The maximum Gasteiger partial charge on any atom is -0.00227 e. The fourth-order valence-electron chi connectivity index (χ4n) is 3.29. The Labute approximate surface area is 143 Å². The van der Waals surface area contributed by atoms with Crippen molar-refractivity contribution in [2.45, 2.75) is 12.8 Å². The Morgan fingerprint density at radius 2 is 1.00 bits per heavy atom. The van der Waals surface area contributed by atoms with Crippen LogP contribution in [0.25, 0.3) is 10.8 Å². The second-order valence-corrected chi connectivity index (χ2v) is 6.29. The highest BCUT2D eigenvalue weighted by molar-refractivity contribution is 5.83. The van der Waals surface area contributed by atoms with Gasteiger partial charge in [-0.15, -0.1) is 0 Å². The van der Waals surface area contributed by atoms with Crippen molar-refractivity contribution in [3.8, 4) is 0 Å². The van der Waals surface area contributed by atoms with Gasteiger partial charge in [-0.05, 0) is 45.9 Å². The molecule has 0 nitrogen and oxygen atoms in total. The Morgan fingerprint density at radius 1 is 0.417 bits per heavy atom. The van der Waals surface area contributed by atoms with Crippen molar-refractivity contribution >= 4 is 10.8 Å². The van der Waals surface area contributed by atoms with E-state index in [0.717, 1.165) is 12.8 Å². The molecule has 24 heavy (non-hydrogen) atoms. The predicted molar refractivity (Wildman–Crippen MR) is 102 cm³/mol. The first-order valence-corrected chi connectivity index (χ1v) is 8.47. The van der Waals surface area contributed by atoms with Crippen LogP contribution >= 0.6 is 0 Å². The third-order valence-electron chi connectivity index (χ3n) is 4.56. The molecular weight excluding hydrogens is 288 g/mol. The number of hydrogen-bond acceptors (Lipinski definition) is 0. The zero-order chi connectivity index (χ0) is 16.2. The SMILES string of the molecule is c1ccc(Cc2ccccc2Cc2ccc3ccccc3c2)cc1. The molecule has 0 saturated carbocycles. The maximum absolute atomic E-state index is 2.31. The lowest BCUT2D eigenvalue weighted by Gasteiger charge is -2.11. The van der Waals surface area contributed by atoms with Crippen LogP contribution in [0.4, 0.5) is 0 Å². The highest BCUT2D eigenvalue weighted by Gasteiger charge is 2.05. The highest BCUT2D eigenvalue weighted by atomic mass is 14.1. The number of fused-ring (bicyclic) bond motifs is 1. The molecular formula is C24H20.